The molecule has 4 heteroatoms. The molecule has 0 aliphatic heterocycles. The van der Waals surface area contributed by atoms with Gasteiger partial charge in [0.2, 0.25) is 5.91 Å². The van der Waals surface area contributed by atoms with E-state index in [9.17, 15) is 4.79 Å². The van der Waals surface area contributed by atoms with Crippen LogP contribution in [0.25, 0.3) is 0 Å². The van der Waals surface area contributed by atoms with Crippen molar-refractivity contribution in [1.82, 2.24) is 5.32 Å². The zero-order valence-electron chi connectivity index (χ0n) is 10.4. The Morgan fingerprint density at radius 3 is 2.31 bits per heavy atom. The molecule has 1 aliphatic carbocycles. The summed E-state index contributed by atoms with van der Waals surface area (Å²) in [5.41, 5.74) is 5.09. The molecule has 0 aromatic rings. The van der Waals surface area contributed by atoms with Crippen molar-refractivity contribution < 1.29 is 4.79 Å². The fourth-order valence-electron chi connectivity index (χ4n) is 1.73. The Morgan fingerprint density at radius 1 is 1.38 bits per heavy atom. The average Bonchev–Trinajstić information content (AvgIpc) is 2.95. The van der Waals surface area contributed by atoms with E-state index in [1.54, 1.807) is 0 Å². The number of nitrogens with one attached hydrogen (secondary N) is 1. The van der Waals surface area contributed by atoms with Crippen molar-refractivity contribution in [2.75, 3.05) is 0 Å². The second-order valence-corrected chi connectivity index (χ2v) is 5.73. The van der Waals surface area contributed by atoms with Crippen LogP contribution < -0.4 is 11.1 Å². The van der Waals surface area contributed by atoms with E-state index in [4.69, 9.17) is 18.0 Å². The van der Waals surface area contributed by atoms with E-state index in [-0.39, 0.29) is 11.9 Å². The van der Waals surface area contributed by atoms with Gasteiger partial charge in [0.25, 0.3) is 0 Å². The maximum atomic E-state index is 11.9. The number of carbonyl (C=O) groups is 1. The summed E-state index contributed by atoms with van der Waals surface area (Å²) in [5, 5.41) is 3.01. The van der Waals surface area contributed by atoms with Crippen LogP contribution in [0.3, 0.4) is 0 Å². The molecule has 1 amide bonds. The average molecular weight is 242 g/mol. The highest BCUT2D eigenvalue weighted by Crippen LogP contribution is 2.46. The van der Waals surface area contributed by atoms with Crippen molar-refractivity contribution in [2.45, 2.75) is 52.5 Å². The van der Waals surface area contributed by atoms with Gasteiger partial charge in [-0.2, -0.15) is 0 Å². The van der Waals surface area contributed by atoms with E-state index in [1.807, 2.05) is 6.92 Å². The van der Waals surface area contributed by atoms with Gasteiger partial charge in [-0.1, -0.05) is 26.1 Å². The van der Waals surface area contributed by atoms with Crippen LogP contribution in [0.15, 0.2) is 0 Å². The normalized spacial score (nSPS) is 19.2. The SMILES string of the molecule is CC(C)CCC(C)NC(=O)C1(C(N)=S)CC1. The number of carbonyl (C=O) groups excluding carboxylic acids is 1. The van der Waals surface area contributed by atoms with Gasteiger partial charge in [-0.25, -0.2) is 0 Å². The highest BCUT2D eigenvalue weighted by Gasteiger charge is 2.52. The quantitative estimate of drug-likeness (QED) is 0.700. The third-order valence-corrected chi connectivity index (χ3v) is 3.60. The first-order chi connectivity index (χ1) is 7.38. The zero-order valence-corrected chi connectivity index (χ0v) is 11.2. The van der Waals surface area contributed by atoms with Gasteiger partial charge in [-0.15, -0.1) is 0 Å². The fraction of sp³-hybridized carbons (Fsp3) is 0.833. The molecule has 0 aromatic carbocycles. The van der Waals surface area contributed by atoms with Crippen LogP contribution >= 0.6 is 12.2 Å². The summed E-state index contributed by atoms with van der Waals surface area (Å²) in [4.78, 5) is 12.3. The number of amides is 1. The molecule has 1 rings (SSSR count). The molecule has 0 aromatic heterocycles. The number of nitrogens with two attached hydrogens (primary N) is 1. The topological polar surface area (TPSA) is 55.1 Å². The van der Waals surface area contributed by atoms with Crippen molar-refractivity contribution >= 4 is 23.1 Å². The highest BCUT2D eigenvalue weighted by atomic mass is 32.1. The van der Waals surface area contributed by atoms with E-state index in [2.05, 4.69) is 19.2 Å². The van der Waals surface area contributed by atoms with Crippen LogP contribution in [0.5, 0.6) is 0 Å². The summed E-state index contributed by atoms with van der Waals surface area (Å²) in [6.07, 6.45) is 3.76. The maximum Gasteiger partial charge on any atom is 0.233 e. The van der Waals surface area contributed by atoms with Crippen LogP contribution in [0.4, 0.5) is 0 Å². The van der Waals surface area contributed by atoms with Crippen LogP contribution in [-0.4, -0.2) is 16.9 Å². The third kappa shape index (κ3) is 3.17. The monoisotopic (exact) mass is 242 g/mol. The number of rotatable bonds is 6. The summed E-state index contributed by atoms with van der Waals surface area (Å²) in [5.74, 6) is 0.695. The summed E-state index contributed by atoms with van der Waals surface area (Å²) in [7, 11) is 0. The molecular formula is C12H22N2OS. The van der Waals surface area contributed by atoms with Crippen molar-refractivity contribution in [3.63, 3.8) is 0 Å². The standard InChI is InChI=1S/C12H22N2OS/c1-8(2)4-5-9(3)14-11(15)12(6-7-12)10(13)16/h8-9H,4-7H2,1-3H3,(H2,13,16)(H,14,15). The van der Waals surface area contributed by atoms with Crippen LogP contribution in [0, 0.1) is 11.3 Å². The van der Waals surface area contributed by atoms with Crippen LogP contribution in [0.1, 0.15) is 46.5 Å². The first-order valence-corrected chi connectivity index (χ1v) is 6.40. The Labute approximate surface area is 103 Å². The molecule has 1 aliphatic rings. The van der Waals surface area contributed by atoms with Crippen LogP contribution in [0.2, 0.25) is 0 Å². The van der Waals surface area contributed by atoms with Gasteiger partial charge < -0.3 is 11.1 Å². The van der Waals surface area contributed by atoms with Crippen molar-refractivity contribution in [3.05, 3.63) is 0 Å². The predicted octanol–water partition coefficient (Wildman–Crippen LogP) is 1.99. The van der Waals surface area contributed by atoms with Gasteiger partial charge in [0.1, 0.15) is 0 Å². The lowest BCUT2D eigenvalue weighted by atomic mass is 10.0. The smallest absolute Gasteiger partial charge is 0.233 e. The molecular weight excluding hydrogens is 220 g/mol. The van der Waals surface area contributed by atoms with E-state index >= 15 is 0 Å². The molecule has 1 fully saturated rings. The van der Waals surface area contributed by atoms with Gasteiger partial charge in [-0.3, -0.25) is 4.79 Å². The Balaban J connectivity index is 2.37. The molecule has 92 valence electrons. The Morgan fingerprint density at radius 2 is 1.94 bits per heavy atom. The Kier molecular flexibility index (Phi) is 4.30. The number of hydrogen-bond acceptors (Lipinski definition) is 2. The molecule has 0 bridgehead atoms. The van der Waals surface area contributed by atoms with Gasteiger partial charge in [0, 0.05) is 6.04 Å². The maximum absolute atomic E-state index is 11.9. The lowest BCUT2D eigenvalue weighted by Gasteiger charge is -2.19. The number of hydrogen-bond donors (Lipinski definition) is 2. The minimum absolute atomic E-state index is 0.0243. The summed E-state index contributed by atoms with van der Waals surface area (Å²) in [6.45, 7) is 6.41. The lowest BCUT2D eigenvalue weighted by Crippen LogP contribution is -2.43. The Hall–Kier alpha value is -0.640. The van der Waals surface area contributed by atoms with E-state index in [0.717, 1.165) is 25.7 Å². The summed E-state index contributed by atoms with van der Waals surface area (Å²) < 4.78 is 0. The van der Waals surface area contributed by atoms with E-state index in [1.165, 1.54) is 0 Å². The molecule has 16 heavy (non-hydrogen) atoms. The third-order valence-electron chi connectivity index (χ3n) is 3.21. The minimum Gasteiger partial charge on any atom is -0.392 e. The molecule has 3 N–H and O–H groups in total. The van der Waals surface area contributed by atoms with Crippen molar-refractivity contribution in [2.24, 2.45) is 17.1 Å². The molecule has 0 heterocycles. The van der Waals surface area contributed by atoms with Crippen LogP contribution in [-0.2, 0) is 4.79 Å². The summed E-state index contributed by atoms with van der Waals surface area (Å²) in [6, 6.07) is 0.210. The van der Waals surface area contributed by atoms with E-state index < -0.39 is 5.41 Å². The minimum atomic E-state index is -0.512. The molecule has 0 saturated heterocycles. The molecule has 0 spiro atoms. The molecule has 1 atom stereocenters. The lowest BCUT2D eigenvalue weighted by molar-refractivity contribution is -0.124. The van der Waals surface area contributed by atoms with Crippen molar-refractivity contribution in [3.8, 4) is 0 Å². The molecule has 3 nitrogen and oxygen atoms in total. The first kappa shape index (κ1) is 13.4. The second-order valence-electron chi connectivity index (χ2n) is 5.29. The zero-order chi connectivity index (χ0) is 12.3. The van der Waals surface area contributed by atoms with Gasteiger partial charge in [-0.05, 0) is 38.5 Å². The first-order valence-electron chi connectivity index (χ1n) is 5.99. The highest BCUT2D eigenvalue weighted by molar-refractivity contribution is 7.80. The molecule has 1 unspecified atom stereocenters. The van der Waals surface area contributed by atoms with Gasteiger partial charge >= 0.3 is 0 Å². The number of thiocarbonyl (C=S) groups is 1. The Bertz CT molecular complexity index is 285. The molecule has 0 radical (unpaired) electrons. The predicted molar refractivity (Wildman–Crippen MR) is 70.1 cm³/mol. The summed E-state index contributed by atoms with van der Waals surface area (Å²) >= 11 is 4.95. The fourth-order valence-corrected chi connectivity index (χ4v) is 2.02. The molecule has 1 saturated carbocycles. The largest absolute Gasteiger partial charge is 0.392 e. The van der Waals surface area contributed by atoms with Gasteiger partial charge in [0.05, 0.1) is 10.4 Å². The second kappa shape index (κ2) is 5.13. The van der Waals surface area contributed by atoms with Crippen molar-refractivity contribution in [1.29, 1.82) is 0 Å². The van der Waals surface area contributed by atoms with Gasteiger partial charge in [0.15, 0.2) is 0 Å². The van der Waals surface area contributed by atoms with E-state index in [0.29, 0.717) is 10.9 Å².